The number of hydrogen-bond acceptors (Lipinski definition) is 3. The highest BCUT2D eigenvalue weighted by Crippen LogP contribution is 2.12. The van der Waals surface area contributed by atoms with Crippen LogP contribution in [0.5, 0.6) is 0 Å². The molecular formula is C7H6N2O3S. The summed E-state index contributed by atoms with van der Waals surface area (Å²) in [6, 6.07) is 6.64. The molecule has 1 N–H and O–H groups in total. The Kier molecular flexibility index (Phi) is 1.61. The third kappa shape index (κ3) is 1.30. The topological polar surface area (TPSA) is 72.2 Å². The van der Waals surface area contributed by atoms with E-state index in [0.29, 0.717) is 11.0 Å². The molecule has 0 bridgehead atoms. The summed E-state index contributed by atoms with van der Waals surface area (Å²) in [7, 11) is -4.23. The van der Waals surface area contributed by atoms with Gasteiger partial charge in [0.05, 0.1) is 11.0 Å². The van der Waals surface area contributed by atoms with Crippen molar-refractivity contribution in [2.75, 3.05) is 0 Å². The second-order valence-corrected chi connectivity index (χ2v) is 3.80. The zero-order chi connectivity index (χ0) is 9.47. The predicted octanol–water partition coefficient (Wildman–Crippen LogP) is 0.687. The van der Waals surface area contributed by atoms with Gasteiger partial charge in [-0.25, -0.2) is 8.96 Å². The van der Waals surface area contributed by atoms with Crippen molar-refractivity contribution in [1.29, 1.82) is 0 Å². The van der Waals surface area contributed by atoms with Gasteiger partial charge in [-0.15, -0.1) is 0 Å². The van der Waals surface area contributed by atoms with Crippen molar-refractivity contribution in [1.82, 2.24) is 8.96 Å². The van der Waals surface area contributed by atoms with Crippen LogP contribution in [0.25, 0.3) is 11.0 Å². The number of hydrogen-bond donors (Lipinski definition) is 1. The smallest absolute Gasteiger partial charge is 0.269 e. The quantitative estimate of drug-likeness (QED) is 0.684. The Morgan fingerprint density at radius 1 is 1.31 bits per heavy atom. The molecule has 0 aliphatic rings. The van der Waals surface area contributed by atoms with E-state index in [4.69, 9.17) is 4.55 Å². The number of fused-ring (bicyclic) bond motifs is 1. The lowest BCUT2D eigenvalue weighted by atomic mass is 10.3. The number of imidazole rings is 1. The van der Waals surface area contributed by atoms with Gasteiger partial charge in [0.15, 0.2) is 0 Å². The van der Waals surface area contributed by atoms with E-state index >= 15 is 0 Å². The van der Waals surface area contributed by atoms with Gasteiger partial charge in [0.25, 0.3) is 0 Å². The molecule has 0 saturated heterocycles. The van der Waals surface area contributed by atoms with Gasteiger partial charge in [0, 0.05) is 0 Å². The first-order valence-corrected chi connectivity index (χ1v) is 4.89. The fraction of sp³-hybridized carbons (Fsp3) is 0. The fourth-order valence-corrected chi connectivity index (χ4v) is 1.69. The monoisotopic (exact) mass is 198 g/mol. The Morgan fingerprint density at radius 3 is 2.69 bits per heavy atom. The molecule has 1 aromatic heterocycles. The van der Waals surface area contributed by atoms with Gasteiger partial charge in [0.2, 0.25) is 0 Å². The Hall–Kier alpha value is -1.40. The summed E-state index contributed by atoms with van der Waals surface area (Å²) in [5, 5.41) is 0. The maximum absolute atomic E-state index is 10.8. The summed E-state index contributed by atoms with van der Waals surface area (Å²) in [5.74, 6) is 0. The molecule has 0 radical (unpaired) electrons. The van der Waals surface area contributed by atoms with E-state index in [9.17, 15) is 8.42 Å². The summed E-state index contributed by atoms with van der Waals surface area (Å²) in [4.78, 5) is 3.81. The fourth-order valence-electron chi connectivity index (χ4n) is 1.12. The van der Waals surface area contributed by atoms with Crippen LogP contribution < -0.4 is 0 Å². The van der Waals surface area contributed by atoms with E-state index in [0.717, 1.165) is 10.3 Å². The average molecular weight is 198 g/mol. The Bertz CT molecular complexity index is 544. The standard InChI is InChI=1S/C7H6N2O3S/c10-13(11,12)9-5-8-6-3-1-2-4-7(6)9/h1-5H,(H,10,11,12). The van der Waals surface area contributed by atoms with Crippen molar-refractivity contribution < 1.29 is 13.0 Å². The average Bonchev–Trinajstić information content (AvgIpc) is 2.45. The summed E-state index contributed by atoms with van der Waals surface area (Å²) < 4.78 is 31.1. The van der Waals surface area contributed by atoms with Crippen LogP contribution in [0.2, 0.25) is 0 Å². The highest BCUT2D eigenvalue weighted by molar-refractivity contribution is 7.84. The molecule has 0 unspecified atom stereocenters. The minimum absolute atomic E-state index is 0.366. The van der Waals surface area contributed by atoms with Gasteiger partial charge in [-0.3, -0.25) is 4.55 Å². The molecule has 0 saturated carbocycles. The lowest BCUT2D eigenvalue weighted by molar-refractivity contribution is 0.474. The number of benzene rings is 1. The Morgan fingerprint density at radius 2 is 2.00 bits per heavy atom. The molecule has 6 heteroatoms. The van der Waals surface area contributed by atoms with Crippen molar-refractivity contribution in [3.8, 4) is 0 Å². The molecule has 0 fully saturated rings. The second kappa shape index (κ2) is 2.54. The molecule has 0 amide bonds. The maximum Gasteiger partial charge on any atom is 0.365 e. The minimum Gasteiger partial charge on any atom is -0.269 e. The Labute approximate surface area is 74.5 Å². The van der Waals surface area contributed by atoms with Crippen molar-refractivity contribution in [2.45, 2.75) is 0 Å². The van der Waals surface area contributed by atoms with Crippen molar-refractivity contribution >= 4 is 21.3 Å². The molecule has 68 valence electrons. The molecule has 0 aliphatic carbocycles. The van der Waals surface area contributed by atoms with E-state index in [2.05, 4.69) is 4.98 Å². The molecular weight excluding hydrogens is 192 g/mol. The van der Waals surface area contributed by atoms with Gasteiger partial charge in [0.1, 0.15) is 6.33 Å². The third-order valence-corrected chi connectivity index (χ3v) is 2.46. The van der Waals surface area contributed by atoms with Crippen molar-refractivity contribution in [2.24, 2.45) is 0 Å². The highest BCUT2D eigenvalue weighted by atomic mass is 32.2. The summed E-state index contributed by atoms with van der Waals surface area (Å²) in [6.45, 7) is 0. The lowest BCUT2D eigenvalue weighted by Gasteiger charge is -1.96. The normalized spacial score (nSPS) is 12.1. The Balaban J connectivity index is 2.87. The van der Waals surface area contributed by atoms with Crippen LogP contribution in [-0.4, -0.2) is 21.9 Å². The number of aromatic nitrogens is 2. The summed E-state index contributed by atoms with van der Waals surface area (Å²) >= 11 is 0. The van der Waals surface area contributed by atoms with Crippen LogP contribution in [0.4, 0.5) is 0 Å². The first-order chi connectivity index (χ1) is 6.09. The van der Waals surface area contributed by atoms with Crippen LogP contribution in [-0.2, 0) is 10.3 Å². The molecule has 0 aliphatic heterocycles. The molecule has 0 atom stereocenters. The van der Waals surface area contributed by atoms with Crippen molar-refractivity contribution in [3.63, 3.8) is 0 Å². The van der Waals surface area contributed by atoms with Gasteiger partial charge in [-0.1, -0.05) is 12.1 Å². The predicted molar refractivity (Wildman–Crippen MR) is 46.7 cm³/mol. The highest BCUT2D eigenvalue weighted by Gasteiger charge is 2.11. The molecule has 0 spiro atoms. The van der Waals surface area contributed by atoms with Crippen molar-refractivity contribution in [3.05, 3.63) is 30.6 Å². The van der Waals surface area contributed by atoms with Crippen LogP contribution in [0.1, 0.15) is 0 Å². The van der Waals surface area contributed by atoms with Gasteiger partial charge >= 0.3 is 10.3 Å². The third-order valence-electron chi connectivity index (χ3n) is 1.67. The van der Waals surface area contributed by atoms with E-state index in [-0.39, 0.29) is 0 Å². The molecule has 13 heavy (non-hydrogen) atoms. The van der Waals surface area contributed by atoms with Crippen LogP contribution in [0.15, 0.2) is 30.6 Å². The number of rotatable bonds is 1. The number of nitrogens with zero attached hydrogens (tertiary/aromatic N) is 2. The second-order valence-electron chi connectivity index (χ2n) is 2.51. The van der Waals surface area contributed by atoms with Crippen LogP contribution in [0, 0.1) is 0 Å². The van der Waals surface area contributed by atoms with E-state index in [1.54, 1.807) is 24.3 Å². The number of para-hydroxylation sites is 2. The van der Waals surface area contributed by atoms with Crippen LogP contribution in [0.3, 0.4) is 0 Å². The van der Waals surface area contributed by atoms with E-state index in [1.807, 2.05) is 0 Å². The van der Waals surface area contributed by atoms with Gasteiger partial charge in [-0.2, -0.15) is 8.42 Å². The molecule has 2 rings (SSSR count). The first-order valence-electron chi connectivity index (χ1n) is 3.49. The SMILES string of the molecule is O=S(=O)(O)n1cnc2ccccc21. The van der Waals surface area contributed by atoms with Gasteiger partial charge < -0.3 is 0 Å². The zero-order valence-corrected chi connectivity index (χ0v) is 7.27. The molecule has 1 aromatic carbocycles. The molecule has 2 aromatic rings. The summed E-state index contributed by atoms with van der Waals surface area (Å²) in [6.07, 6.45) is 1.07. The molecule has 5 nitrogen and oxygen atoms in total. The maximum atomic E-state index is 10.8. The zero-order valence-electron chi connectivity index (χ0n) is 6.45. The minimum atomic E-state index is -4.23. The lowest BCUT2D eigenvalue weighted by Crippen LogP contribution is -2.08. The largest absolute Gasteiger partial charge is 0.365 e. The first kappa shape index (κ1) is 8.21. The summed E-state index contributed by atoms with van der Waals surface area (Å²) in [5.41, 5.74) is 0.894. The van der Waals surface area contributed by atoms with Crippen LogP contribution >= 0.6 is 0 Å². The van der Waals surface area contributed by atoms with E-state index < -0.39 is 10.3 Å². The van der Waals surface area contributed by atoms with Gasteiger partial charge in [-0.05, 0) is 12.1 Å². The molecule has 1 heterocycles. The van der Waals surface area contributed by atoms with E-state index in [1.165, 1.54) is 0 Å².